The Bertz CT molecular complexity index is 203. The van der Waals surface area contributed by atoms with E-state index >= 15 is 0 Å². The van der Waals surface area contributed by atoms with E-state index < -0.39 is 0 Å². The summed E-state index contributed by atoms with van der Waals surface area (Å²) < 4.78 is 5.41. The summed E-state index contributed by atoms with van der Waals surface area (Å²) in [6.07, 6.45) is 7.85. The second kappa shape index (κ2) is 10.6. The van der Waals surface area contributed by atoms with Crippen LogP contribution in [0.5, 0.6) is 0 Å². The highest BCUT2D eigenvalue weighted by atomic mass is 16.5. The van der Waals surface area contributed by atoms with Gasteiger partial charge in [0, 0.05) is 19.3 Å². The monoisotopic (exact) mass is 270 g/mol. The third-order valence-corrected chi connectivity index (χ3v) is 3.98. The predicted molar refractivity (Wildman–Crippen MR) is 82.6 cm³/mol. The zero-order valence-electron chi connectivity index (χ0n) is 13.3. The number of hydrogen-bond acceptors (Lipinski definition) is 3. The first-order chi connectivity index (χ1) is 9.20. The van der Waals surface area contributed by atoms with Crippen molar-refractivity contribution >= 4 is 0 Å². The molecule has 0 aliphatic carbocycles. The Hall–Kier alpha value is -0.120. The molecule has 1 aliphatic rings. The smallest absolute Gasteiger partial charge is 0.0480 e. The lowest BCUT2D eigenvalue weighted by Gasteiger charge is -2.31. The van der Waals surface area contributed by atoms with Crippen LogP contribution in [0.4, 0.5) is 0 Å². The molecule has 1 aliphatic heterocycles. The molecule has 1 N–H and O–H groups in total. The van der Waals surface area contributed by atoms with Crippen LogP contribution in [-0.2, 0) is 4.74 Å². The van der Waals surface area contributed by atoms with Crippen LogP contribution in [0.2, 0.25) is 0 Å². The molecule has 1 rings (SSSR count). The van der Waals surface area contributed by atoms with Crippen molar-refractivity contribution in [2.45, 2.75) is 58.4 Å². The lowest BCUT2D eigenvalue weighted by Crippen LogP contribution is -2.37. The average molecular weight is 270 g/mol. The number of nitrogens with zero attached hydrogens (tertiary/aromatic N) is 1. The molecule has 3 heteroatoms. The summed E-state index contributed by atoms with van der Waals surface area (Å²) in [5, 5.41) is 3.51. The molecule has 1 heterocycles. The van der Waals surface area contributed by atoms with Crippen molar-refractivity contribution in [3.05, 3.63) is 0 Å². The Morgan fingerprint density at radius 2 is 1.79 bits per heavy atom. The van der Waals surface area contributed by atoms with E-state index in [2.05, 4.69) is 31.1 Å². The molecule has 0 unspecified atom stereocenters. The molecule has 1 fully saturated rings. The van der Waals surface area contributed by atoms with Crippen molar-refractivity contribution in [2.75, 3.05) is 39.9 Å². The summed E-state index contributed by atoms with van der Waals surface area (Å²) in [5.41, 5.74) is 0. The van der Waals surface area contributed by atoms with Crippen LogP contribution in [0.1, 0.15) is 52.4 Å². The molecule has 0 aromatic rings. The quantitative estimate of drug-likeness (QED) is 0.618. The Morgan fingerprint density at radius 1 is 1.11 bits per heavy atom. The van der Waals surface area contributed by atoms with Gasteiger partial charge in [-0.05, 0) is 58.3 Å². The van der Waals surface area contributed by atoms with Gasteiger partial charge in [-0.25, -0.2) is 0 Å². The van der Waals surface area contributed by atoms with Crippen molar-refractivity contribution in [1.29, 1.82) is 0 Å². The summed E-state index contributed by atoms with van der Waals surface area (Å²) in [5.74, 6) is 0.771. The fourth-order valence-corrected chi connectivity index (χ4v) is 2.66. The van der Waals surface area contributed by atoms with Crippen LogP contribution < -0.4 is 5.32 Å². The van der Waals surface area contributed by atoms with Gasteiger partial charge in [-0.3, -0.25) is 0 Å². The zero-order chi connectivity index (χ0) is 13.9. The molecule has 114 valence electrons. The molecule has 0 aromatic carbocycles. The Labute approximate surface area is 120 Å². The second-order valence-electron chi connectivity index (χ2n) is 6.34. The molecule has 0 radical (unpaired) electrons. The SMILES string of the molecule is CC(C)CNCCCCCCN(C)C1CCOCC1. The summed E-state index contributed by atoms with van der Waals surface area (Å²) in [7, 11) is 2.28. The third kappa shape index (κ3) is 8.61. The van der Waals surface area contributed by atoms with E-state index in [0.29, 0.717) is 0 Å². The van der Waals surface area contributed by atoms with Gasteiger partial charge in [0.05, 0.1) is 0 Å². The molecule has 0 amide bonds. The summed E-state index contributed by atoms with van der Waals surface area (Å²) in [6, 6.07) is 0.765. The molecule has 1 saturated heterocycles. The van der Waals surface area contributed by atoms with E-state index in [1.165, 1.54) is 51.6 Å². The molecular weight excluding hydrogens is 236 g/mol. The van der Waals surface area contributed by atoms with Gasteiger partial charge < -0.3 is 15.0 Å². The largest absolute Gasteiger partial charge is 0.381 e. The molecule has 0 bridgehead atoms. The zero-order valence-corrected chi connectivity index (χ0v) is 13.3. The number of nitrogens with one attached hydrogen (secondary N) is 1. The Morgan fingerprint density at radius 3 is 2.47 bits per heavy atom. The molecule has 3 nitrogen and oxygen atoms in total. The minimum absolute atomic E-state index is 0.765. The third-order valence-electron chi connectivity index (χ3n) is 3.98. The average Bonchev–Trinajstić information content (AvgIpc) is 2.42. The number of rotatable bonds is 10. The van der Waals surface area contributed by atoms with Crippen molar-refractivity contribution in [2.24, 2.45) is 5.92 Å². The predicted octanol–water partition coefficient (Wildman–Crippen LogP) is 2.90. The minimum atomic E-state index is 0.765. The van der Waals surface area contributed by atoms with Crippen LogP contribution in [0.3, 0.4) is 0 Å². The van der Waals surface area contributed by atoms with Gasteiger partial charge in [0.2, 0.25) is 0 Å². The van der Waals surface area contributed by atoms with Crippen molar-refractivity contribution in [1.82, 2.24) is 10.2 Å². The van der Waals surface area contributed by atoms with Gasteiger partial charge in [0.15, 0.2) is 0 Å². The van der Waals surface area contributed by atoms with Crippen molar-refractivity contribution in [3.63, 3.8) is 0 Å². The molecule has 19 heavy (non-hydrogen) atoms. The lowest BCUT2D eigenvalue weighted by molar-refractivity contribution is 0.0426. The van der Waals surface area contributed by atoms with E-state index in [-0.39, 0.29) is 0 Å². The molecular formula is C16H34N2O. The summed E-state index contributed by atoms with van der Waals surface area (Å²) >= 11 is 0. The van der Waals surface area contributed by atoms with Crippen LogP contribution in [-0.4, -0.2) is 50.8 Å². The second-order valence-corrected chi connectivity index (χ2v) is 6.34. The van der Waals surface area contributed by atoms with Gasteiger partial charge in [0.1, 0.15) is 0 Å². The normalized spacial score (nSPS) is 17.5. The van der Waals surface area contributed by atoms with Gasteiger partial charge >= 0.3 is 0 Å². The first-order valence-electron chi connectivity index (χ1n) is 8.19. The van der Waals surface area contributed by atoms with Crippen LogP contribution in [0.15, 0.2) is 0 Å². The van der Waals surface area contributed by atoms with Gasteiger partial charge in [-0.1, -0.05) is 26.7 Å². The summed E-state index contributed by atoms with van der Waals surface area (Å²) in [6.45, 7) is 10.0. The lowest BCUT2D eigenvalue weighted by atomic mass is 10.1. The van der Waals surface area contributed by atoms with Crippen LogP contribution in [0.25, 0.3) is 0 Å². The topological polar surface area (TPSA) is 24.5 Å². The Balaban J connectivity index is 1.87. The van der Waals surface area contributed by atoms with E-state index in [1.54, 1.807) is 0 Å². The van der Waals surface area contributed by atoms with Gasteiger partial charge in [-0.15, -0.1) is 0 Å². The maximum atomic E-state index is 5.41. The molecule has 0 saturated carbocycles. The fourth-order valence-electron chi connectivity index (χ4n) is 2.66. The van der Waals surface area contributed by atoms with Crippen LogP contribution in [0, 0.1) is 5.92 Å². The highest BCUT2D eigenvalue weighted by molar-refractivity contribution is 4.71. The highest BCUT2D eigenvalue weighted by Crippen LogP contribution is 2.13. The summed E-state index contributed by atoms with van der Waals surface area (Å²) in [4.78, 5) is 2.54. The maximum Gasteiger partial charge on any atom is 0.0480 e. The van der Waals surface area contributed by atoms with E-state index in [4.69, 9.17) is 4.74 Å². The first-order valence-corrected chi connectivity index (χ1v) is 8.19. The molecule has 0 atom stereocenters. The van der Waals surface area contributed by atoms with E-state index in [1.807, 2.05) is 0 Å². The highest BCUT2D eigenvalue weighted by Gasteiger charge is 2.17. The Kier molecular flexibility index (Phi) is 9.48. The standard InChI is InChI=1S/C16H34N2O/c1-15(2)14-17-10-6-4-5-7-11-18(3)16-8-12-19-13-9-16/h15-17H,4-14H2,1-3H3. The van der Waals surface area contributed by atoms with Crippen LogP contribution >= 0.6 is 0 Å². The fraction of sp³-hybridized carbons (Fsp3) is 1.00. The number of unbranched alkanes of at least 4 members (excludes halogenated alkanes) is 3. The minimum Gasteiger partial charge on any atom is -0.381 e. The van der Waals surface area contributed by atoms with Crippen molar-refractivity contribution in [3.8, 4) is 0 Å². The van der Waals surface area contributed by atoms with Gasteiger partial charge in [0.25, 0.3) is 0 Å². The number of hydrogen-bond donors (Lipinski definition) is 1. The molecule has 0 aromatic heterocycles. The maximum absolute atomic E-state index is 5.41. The van der Waals surface area contributed by atoms with E-state index in [9.17, 15) is 0 Å². The molecule has 0 spiro atoms. The van der Waals surface area contributed by atoms with E-state index in [0.717, 1.165) is 31.7 Å². The van der Waals surface area contributed by atoms with Crippen molar-refractivity contribution < 1.29 is 4.74 Å². The van der Waals surface area contributed by atoms with Gasteiger partial charge in [-0.2, -0.15) is 0 Å². The first kappa shape index (κ1) is 16.9. The number of ether oxygens (including phenoxy) is 1.